The van der Waals surface area contributed by atoms with Gasteiger partial charge in [-0.3, -0.25) is 0 Å². The summed E-state index contributed by atoms with van der Waals surface area (Å²) in [4.78, 5) is 0. The van der Waals surface area contributed by atoms with Crippen molar-refractivity contribution in [2.75, 3.05) is 0 Å². The van der Waals surface area contributed by atoms with Gasteiger partial charge < -0.3 is 14.9 Å². The third kappa shape index (κ3) is 7.62. The number of fused-ring (bicyclic) bond motifs is 3. The van der Waals surface area contributed by atoms with Crippen molar-refractivity contribution < 1.29 is 23.3 Å². The maximum absolute atomic E-state index is 3.06. The molecule has 8 aromatic rings. The molecule has 8 aromatic carbocycles. The van der Waals surface area contributed by atoms with Crippen LogP contribution in [0.3, 0.4) is 0 Å². The van der Waals surface area contributed by atoms with Crippen molar-refractivity contribution in [2.24, 2.45) is 0 Å². The Balaban J connectivity index is 0.000000209. The minimum absolute atomic E-state index is 0. The van der Waals surface area contributed by atoms with Crippen LogP contribution in [0.25, 0.3) is 65.7 Å². The van der Waals surface area contributed by atoms with Crippen molar-refractivity contribution in [2.45, 2.75) is 26.7 Å². The molecule has 0 aliphatic rings. The van der Waals surface area contributed by atoms with Crippen molar-refractivity contribution in [3.8, 4) is 33.4 Å². The third-order valence-electron chi connectivity index (χ3n) is 8.72. The molecule has 0 aliphatic carbocycles. The van der Waals surface area contributed by atoms with E-state index in [0.29, 0.717) is 5.92 Å². The molecule has 238 valence electrons. The van der Waals surface area contributed by atoms with Crippen LogP contribution in [0.1, 0.15) is 30.9 Å². The van der Waals surface area contributed by atoms with Gasteiger partial charge in [0, 0.05) is 0 Å². The van der Waals surface area contributed by atoms with Crippen LogP contribution in [0.2, 0.25) is 0 Å². The predicted octanol–water partition coefficient (Wildman–Crippen LogP) is 13.2. The van der Waals surface area contributed by atoms with E-state index >= 15 is 0 Å². The van der Waals surface area contributed by atoms with Crippen molar-refractivity contribution >= 4 is 39.2 Å². The summed E-state index contributed by atoms with van der Waals surface area (Å²) in [6, 6.07) is 56.9. The topological polar surface area (TPSA) is 0 Å². The van der Waals surface area contributed by atoms with E-state index in [1.807, 2.05) is 0 Å². The standard InChI is InChI=1S/C26H19.C18H17.2CH3.Si.Zr/c1-18-16-25-22(19-8-3-2-4-9-19)14-15-24(26(25)17-18)23-13-7-11-20-10-5-6-12-21(20)23;1-13(2)16-11-15-9-6-10-17(18(15)12-16)14-7-4-3-5-8-14;;;;/h2-17H,1H3;3-13H,1-2H3;2*1H3;;/q4*-1;;. The number of rotatable bonds is 4. The Hall–Kier alpha value is -4.10. The van der Waals surface area contributed by atoms with Crippen LogP contribution in [-0.2, 0) is 23.3 Å². The molecule has 0 aromatic heterocycles. The zero-order valence-electron chi connectivity index (χ0n) is 28.6. The fourth-order valence-corrected chi connectivity index (χ4v) is 6.47. The first-order chi connectivity index (χ1) is 22.6. The van der Waals surface area contributed by atoms with Gasteiger partial charge in [-0.2, -0.15) is 12.1 Å². The molecular formula is C46H42SiZr-4. The molecule has 0 N–H and O–H groups in total. The second-order valence-corrected chi connectivity index (χ2v) is 12.0. The fourth-order valence-electron chi connectivity index (χ4n) is 6.47. The second kappa shape index (κ2) is 16.8. The Morgan fingerprint density at radius 3 is 1.73 bits per heavy atom. The van der Waals surface area contributed by atoms with Gasteiger partial charge in [0.2, 0.25) is 0 Å². The van der Waals surface area contributed by atoms with E-state index in [-0.39, 0.29) is 14.9 Å². The zero-order chi connectivity index (χ0) is 32.0. The van der Waals surface area contributed by atoms with Crippen molar-refractivity contribution in [1.29, 1.82) is 0 Å². The van der Waals surface area contributed by atoms with Crippen LogP contribution < -0.4 is 0 Å². The Bertz CT molecular complexity index is 2210. The first-order valence-electron chi connectivity index (χ1n) is 15.8. The monoisotopic (exact) mass is 712 g/mol. The Kier molecular flexibility index (Phi) is 12.9. The summed E-state index contributed by atoms with van der Waals surface area (Å²) in [5, 5.41) is 7.97. The van der Waals surface area contributed by atoms with Crippen LogP contribution in [0.5, 0.6) is 0 Å². The van der Waals surface area contributed by atoms with Crippen molar-refractivity contribution in [3.63, 3.8) is 0 Å². The normalized spacial score (nSPS) is 10.4. The van der Waals surface area contributed by atoms with E-state index in [4.69, 9.17) is 0 Å². The Morgan fingerprint density at radius 1 is 0.500 bits per heavy atom. The summed E-state index contributed by atoms with van der Waals surface area (Å²) >= 11 is 1.36. The third-order valence-corrected chi connectivity index (χ3v) is 8.72. The molecule has 0 saturated heterocycles. The van der Waals surface area contributed by atoms with Crippen molar-refractivity contribution in [1.82, 2.24) is 0 Å². The molecule has 48 heavy (non-hydrogen) atoms. The molecule has 0 aliphatic heterocycles. The van der Waals surface area contributed by atoms with Gasteiger partial charge in [-0.25, -0.2) is 0 Å². The van der Waals surface area contributed by atoms with Crippen molar-refractivity contribution in [3.05, 3.63) is 184 Å². The van der Waals surface area contributed by atoms with Crippen LogP contribution in [0, 0.1) is 21.8 Å². The van der Waals surface area contributed by atoms with Gasteiger partial charge in [-0.15, -0.1) is 56.9 Å². The molecule has 0 saturated carbocycles. The molecule has 0 bridgehead atoms. The van der Waals surface area contributed by atoms with E-state index in [0.717, 1.165) is 0 Å². The summed E-state index contributed by atoms with van der Waals surface area (Å²) in [6.07, 6.45) is 0. The maximum atomic E-state index is 3.06. The Morgan fingerprint density at radius 2 is 1.04 bits per heavy atom. The van der Waals surface area contributed by atoms with Crippen LogP contribution in [0.4, 0.5) is 0 Å². The quantitative estimate of drug-likeness (QED) is 0.126. The summed E-state index contributed by atoms with van der Waals surface area (Å²) < 4.78 is 0. The summed E-state index contributed by atoms with van der Waals surface area (Å²) in [5.41, 5.74) is 10.6. The van der Waals surface area contributed by atoms with E-state index in [1.54, 1.807) is 0 Å². The van der Waals surface area contributed by atoms with Gasteiger partial charge in [0.05, 0.1) is 0 Å². The molecule has 2 heteroatoms. The van der Waals surface area contributed by atoms with Gasteiger partial charge in [0.25, 0.3) is 0 Å². The molecule has 0 fully saturated rings. The molecule has 0 spiro atoms. The minimum atomic E-state index is 0. The molecule has 0 unspecified atom stereocenters. The number of hydrogen-bond donors (Lipinski definition) is 0. The average Bonchev–Trinajstić information content (AvgIpc) is 3.74. The van der Waals surface area contributed by atoms with E-state index in [2.05, 4.69) is 185 Å². The van der Waals surface area contributed by atoms with E-state index in [9.17, 15) is 0 Å². The molecule has 0 heterocycles. The summed E-state index contributed by atoms with van der Waals surface area (Å²) in [5.74, 6) is 0.584. The SMILES string of the molecule is CC(C)c1cc2c(-c3ccccc3)cccc2[cH-]1.Cc1cc2c(-c3cccc4ccccc34)ccc(-c3ccccc3)c2[cH-]1.[CH3-].[CH3-].[Si]=[Zr]. The number of hydrogen-bond acceptors (Lipinski definition) is 0. The predicted molar refractivity (Wildman–Crippen MR) is 210 cm³/mol. The van der Waals surface area contributed by atoms with Gasteiger partial charge in [0.15, 0.2) is 0 Å². The van der Waals surface area contributed by atoms with Gasteiger partial charge in [-0.1, -0.05) is 164 Å². The summed E-state index contributed by atoms with van der Waals surface area (Å²) in [6.45, 7) is 9.74. The van der Waals surface area contributed by atoms with E-state index in [1.165, 1.54) is 100 Å². The van der Waals surface area contributed by atoms with Crippen LogP contribution in [-0.4, -0.2) is 6.88 Å². The second-order valence-electron chi connectivity index (χ2n) is 12.0. The number of aryl methyl sites for hydroxylation is 1. The van der Waals surface area contributed by atoms with Crippen LogP contribution in [0.15, 0.2) is 158 Å². The first kappa shape index (κ1) is 36.7. The average molecular weight is 714 g/mol. The van der Waals surface area contributed by atoms with Crippen LogP contribution >= 0.6 is 0 Å². The zero-order valence-corrected chi connectivity index (χ0v) is 32.0. The molecule has 0 atom stereocenters. The van der Waals surface area contributed by atoms with E-state index < -0.39 is 0 Å². The molecule has 8 rings (SSSR count). The molecule has 0 amide bonds. The van der Waals surface area contributed by atoms with Gasteiger partial charge in [-0.05, 0) is 27.8 Å². The molecule has 2 radical (unpaired) electrons. The first-order valence-corrected chi connectivity index (χ1v) is 20.0. The summed E-state index contributed by atoms with van der Waals surface area (Å²) in [7, 11) is 0. The van der Waals surface area contributed by atoms with Gasteiger partial charge in [0.1, 0.15) is 0 Å². The molecule has 0 nitrogen and oxygen atoms in total. The molecular weight excluding hydrogens is 672 g/mol. The number of benzene rings is 6. The fraction of sp³-hybridized carbons (Fsp3) is 0.0870. The Labute approximate surface area is 304 Å². The van der Waals surface area contributed by atoms with Gasteiger partial charge >= 0.3 is 30.2 Å².